The van der Waals surface area contributed by atoms with E-state index in [2.05, 4.69) is 5.32 Å². The maximum Gasteiger partial charge on any atom is 0.251 e. The van der Waals surface area contributed by atoms with E-state index in [0.717, 1.165) is 16.9 Å². The fourth-order valence-corrected chi connectivity index (χ4v) is 2.53. The number of nitrogens with one attached hydrogen (secondary N) is 1. The number of carbonyl (C=O) groups is 1. The van der Waals surface area contributed by atoms with Crippen LogP contribution < -0.4 is 10.1 Å². The Morgan fingerprint density at radius 1 is 1.18 bits per heavy atom. The Balaban J connectivity index is 2.04. The van der Waals surface area contributed by atoms with Crippen LogP contribution in [0.5, 0.6) is 5.75 Å². The lowest BCUT2D eigenvalue weighted by Crippen LogP contribution is -2.23. The second-order valence-electron chi connectivity index (χ2n) is 4.83. The Kier molecular flexibility index (Phi) is 5.69. The Hall–Kier alpha value is -1.71. The maximum absolute atomic E-state index is 12.2. The first-order valence-corrected chi connectivity index (χ1v) is 7.72. The van der Waals surface area contributed by atoms with Crippen LogP contribution in [0, 0.1) is 6.92 Å². The molecule has 0 saturated heterocycles. The van der Waals surface area contributed by atoms with Crippen molar-refractivity contribution in [2.75, 3.05) is 6.61 Å². The molecule has 0 atom stereocenters. The minimum atomic E-state index is -0.155. The van der Waals surface area contributed by atoms with Gasteiger partial charge in [-0.2, -0.15) is 0 Å². The van der Waals surface area contributed by atoms with Crippen LogP contribution in [0.3, 0.4) is 0 Å². The number of halogens is 2. The molecule has 2 aromatic carbocycles. The summed E-state index contributed by atoms with van der Waals surface area (Å²) >= 11 is 11.9. The summed E-state index contributed by atoms with van der Waals surface area (Å²) in [7, 11) is 0. The van der Waals surface area contributed by atoms with E-state index in [1.54, 1.807) is 24.3 Å². The summed E-state index contributed by atoms with van der Waals surface area (Å²) in [6.45, 7) is 4.79. The van der Waals surface area contributed by atoms with Gasteiger partial charge >= 0.3 is 0 Å². The Labute approximate surface area is 140 Å². The lowest BCUT2D eigenvalue weighted by Gasteiger charge is -2.10. The SMILES string of the molecule is CCOc1ccc(C(=O)NCc2ccc(Cl)cc2Cl)cc1C. The van der Waals surface area contributed by atoms with Crippen molar-refractivity contribution in [2.45, 2.75) is 20.4 Å². The van der Waals surface area contributed by atoms with Crippen molar-refractivity contribution in [3.63, 3.8) is 0 Å². The summed E-state index contributed by atoms with van der Waals surface area (Å²) in [5, 5.41) is 3.96. The maximum atomic E-state index is 12.2. The van der Waals surface area contributed by atoms with Crippen molar-refractivity contribution >= 4 is 29.1 Å². The monoisotopic (exact) mass is 337 g/mol. The number of rotatable bonds is 5. The van der Waals surface area contributed by atoms with Crippen molar-refractivity contribution in [1.29, 1.82) is 0 Å². The number of hydrogen-bond acceptors (Lipinski definition) is 2. The molecule has 0 unspecified atom stereocenters. The molecule has 22 heavy (non-hydrogen) atoms. The number of ether oxygens (including phenoxy) is 1. The van der Waals surface area contributed by atoms with E-state index in [0.29, 0.717) is 28.8 Å². The lowest BCUT2D eigenvalue weighted by molar-refractivity contribution is 0.0951. The minimum Gasteiger partial charge on any atom is -0.494 e. The van der Waals surface area contributed by atoms with Crippen molar-refractivity contribution in [1.82, 2.24) is 5.32 Å². The molecule has 0 saturated carbocycles. The standard InChI is InChI=1S/C17H17Cl2NO2/c1-3-22-16-7-5-12(8-11(16)2)17(21)20-10-13-4-6-14(18)9-15(13)19/h4-9H,3,10H2,1-2H3,(H,20,21). The summed E-state index contributed by atoms with van der Waals surface area (Å²) < 4.78 is 5.47. The topological polar surface area (TPSA) is 38.3 Å². The zero-order chi connectivity index (χ0) is 16.1. The van der Waals surface area contributed by atoms with Gasteiger partial charge in [0.05, 0.1) is 6.61 Å². The number of carbonyl (C=O) groups excluding carboxylic acids is 1. The van der Waals surface area contributed by atoms with Gasteiger partial charge in [0.15, 0.2) is 0 Å². The van der Waals surface area contributed by atoms with Gasteiger partial charge in [-0.1, -0.05) is 29.3 Å². The number of amides is 1. The molecule has 0 fully saturated rings. The third-order valence-corrected chi connectivity index (χ3v) is 3.78. The number of benzene rings is 2. The van der Waals surface area contributed by atoms with E-state index in [9.17, 15) is 4.79 Å². The molecule has 1 N–H and O–H groups in total. The molecule has 2 aromatic rings. The third kappa shape index (κ3) is 4.15. The van der Waals surface area contributed by atoms with Crippen molar-refractivity contribution < 1.29 is 9.53 Å². The van der Waals surface area contributed by atoms with E-state index >= 15 is 0 Å². The Morgan fingerprint density at radius 2 is 1.95 bits per heavy atom. The molecule has 116 valence electrons. The van der Waals surface area contributed by atoms with Crippen LogP contribution in [0.15, 0.2) is 36.4 Å². The number of hydrogen-bond donors (Lipinski definition) is 1. The van der Waals surface area contributed by atoms with Crippen LogP contribution in [-0.2, 0) is 6.54 Å². The second kappa shape index (κ2) is 7.52. The quantitative estimate of drug-likeness (QED) is 0.863. The predicted octanol–water partition coefficient (Wildman–Crippen LogP) is 4.63. The molecule has 0 aliphatic carbocycles. The normalized spacial score (nSPS) is 10.4. The second-order valence-corrected chi connectivity index (χ2v) is 5.68. The highest BCUT2D eigenvalue weighted by Crippen LogP contribution is 2.21. The molecule has 1 amide bonds. The van der Waals surface area contributed by atoms with Gasteiger partial charge < -0.3 is 10.1 Å². The molecular formula is C17H17Cl2NO2. The van der Waals surface area contributed by atoms with Crippen LogP contribution in [0.1, 0.15) is 28.4 Å². The molecule has 0 spiro atoms. The molecule has 5 heteroatoms. The molecule has 0 aliphatic rings. The summed E-state index contributed by atoms with van der Waals surface area (Å²) in [6, 6.07) is 10.6. The molecule has 0 aromatic heterocycles. The van der Waals surface area contributed by atoms with Crippen molar-refractivity contribution in [3.05, 3.63) is 63.1 Å². The van der Waals surface area contributed by atoms with Gasteiger partial charge in [-0.3, -0.25) is 4.79 Å². The van der Waals surface area contributed by atoms with E-state index in [-0.39, 0.29) is 5.91 Å². The van der Waals surface area contributed by atoms with E-state index in [1.807, 2.05) is 26.0 Å². The molecular weight excluding hydrogens is 321 g/mol. The molecule has 0 radical (unpaired) electrons. The average molecular weight is 338 g/mol. The summed E-state index contributed by atoms with van der Waals surface area (Å²) in [4.78, 5) is 12.2. The highest BCUT2D eigenvalue weighted by molar-refractivity contribution is 6.35. The number of aryl methyl sites for hydroxylation is 1. The Morgan fingerprint density at radius 3 is 2.59 bits per heavy atom. The zero-order valence-corrected chi connectivity index (χ0v) is 14.0. The predicted molar refractivity (Wildman–Crippen MR) is 90.0 cm³/mol. The van der Waals surface area contributed by atoms with Gasteiger partial charge in [-0.25, -0.2) is 0 Å². The summed E-state index contributed by atoms with van der Waals surface area (Å²) in [6.07, 6.45) is 0. The molecule has 0 aliphatic heterocycles. The van der Waals surface area contributed by atoms with Gasteiger partial charge in [0.2, 0.25) is 0 Å². The van der Waals surface area contributed by atoms with Gasteiger partial charge in [0, 0.05) is 22.2 Å². The van der Waals surface area contributed by atoms with Crippen LogP contribution >= 0.6 is 23.2 Å². The molecule has 2 rings (SSSR count). The fraction of sp³-hybridized carbons (Fsp3) is 0.235. The van der Waals surface area contributed by atoms with Gasteiger partial charge in [-0.05, 0) is 55.3 Å². The minimum absolute atomic E-state index is 0.155. The van der Waals surface area contributed by atoms with Crippen LogP contribution in [0.4, 0.5) is 0 Å². The largest absolute Gasteiger partial charge is 0.494 e. The smallest absolute Gasteiger partial charge is 0.251 e. The highest BCUT2D eigenvalue weighted by Gasteiger charge is 2.09. The average Bonchev–Trinajstić information content (AvgIpc) is 2.48. The highest BCUT2D eigenvalue weighted by atomic mass is 35.5. The fourth-order valence-electron chi connectivity index (χ4n) is 2.05. The first kappa shape index (κ1) is 16.7. The summed E-state index contributed by atoms with van der Waals surface area (Å²) in [5.41, 5.74) is 2.34. The van der Waals surface area contributed by atoms with Crippen LogP contribution in [0.25, 0.3) is 0 Å². The molecule has 0 heterocycles. The summed E-state index contributed by atoms with van der Waals surface area (Å²) in [5.74, 6) is 0.636. The van der Waals surface area contributed by atoms with Gasteiger partial charge in [0.25, 0.3) is 5.91 Å². The van der Waals surface area contributed by atoms with Crippen LogP contribution in [0.2, 0.25) is 10.0 Å². The zero-order valence-electron chi connectivity index (χ0n) is 12.5. The first-order valence-electron chi connectivity index (χ1n) is 6.97. The van der Waals surface area contributed by atoms with E-state index in [1.165, 1.54) is 0 Å². The molecule has 3 nitrogen and oxygen atoms in total. The molecule has 0 bridgehead atoms. The van der Waals surface area contributed by atoms with Gasteiger partial charge in [0.1, 0.15) is 5.75 Å². The third-order valence-electron chi connectivity index (χ3n) is 3.19. The Bertz CT molecular complexity index is 686. The van der Waals surface area contributed by atoms with Crippen molar-refractivity contribution in [2.24, 2.45) is 0 Å². The lowest BCUT2D eigenvalue weighted by atomic mass is 10.1. The van der Waals surface area contributed by atoms with Gasteiger partial charge in [-0.15, -0.1) is 0 Å². The first-order chi connectivity index (χ1) is 10.5. The van der Waals surface area contributed by atoms with Crippen molar-refractivity contribution in [3.8, 4) is 5.75 Å². The van der Waals surface area contributed by atoms with Crippen LogP contribution in [-0.4, -0.2) is 12.5 Å². The van der Waals surface area contributed by atoms with E-state index < -0.39 is 0 Å². The van der Waals surface area contributed by atoms with E-state index in [4.69, 9.17) is 27.9 Å².